The maximum absolute atomic E-state index is 12.7. The van der Waals surface area contributed by atoms with Gasteiger partial charge >= 0.3 is 0 Å². The van der Waals surface area contributed by atoms with Gasteiger partial charge in [0, 0.05) is 17.7 Å². The minimum Gasteiger partial charge on any atom is -0.305 e. The van der Waals surface area contributed by atoms with Gasteiger partial charge in [0.1, 0.15) is 0 Å². The molecule has 140 valence electrons. The van der Waals surface area contributed by atoms with Crippen LogP contribution in [0, 0.1) is 0 Å². The molecule has 0 atom stereocenters. The first-order valence-electron chi connectivity index (χ1n) is 8.28. The lowest BCUT2D eigenvalue weighted by molar-refractivity contribution is 0.103. The van der Waals surface area contributed by atoms with Crippen molar-refractivity contribution in [1.82, 2.24) is 4.90 Å². The van der Waals surface area contributed by atoms with Gasteiger partial charge < -0.3 is 4.90 Å². The number of ketones is 1. The number of nitrogens with zero attached hydrogens (tertiary/aromatic N) is 1. The topological polar surface area (TPSA) is 20.3 Å². The van der Waals surface area contributed by atoms with Crippen molar-refractivity contribution in [3.05, 3.63) is 93.5 Å². The Labute approximate surface area is 176 Å². The largest absolute Gasteiger partial charge is 0.305 e. The van der Waals surface area contributed by atoms with Crippen LogP contribution in [0.15, 0.2) is 66.7 Å². The first-order valence-corrected chi connectivity index (χ1v) is 9.04. The van der Waals surface area contributed by atoms with Crippen LogP contribution < -0.4 is 0 Å². The Bertz CT molecular complexity index is 919. The summed E-state index contributed by atoms with van der Waals surface area (Å²) in [4.78, 5) is 14.8. The molecule has 0 bridgehead atoms. The van der Waals surface area contributed by atoms with Crippen LogP contribution in [0.2, 0.25) is 10.0 Å². The Morgan fingerprint density at radius 3 is 1.96 bits per heavy atom. The number of hydrogen-bond donors (Lipinski definition) is 0. The van der Waals surface area contributed by atoms with Crippen LogP contribution in [0.5, 0.6) is 0 Å². The molecule has 3 aromatic rings. The highest BCUT2D eigenvalue weighted by atomic mass is 35.5. The summed E-state index contributed by atoms with van der Waals surface area (Å²) >= 11 is 12.2. The van der Waals surface area contributed by atoms with Gasteiger partial charge in [-0.1, -0.05) is 77.8 Å². The number of rotatable bonds is 5. The lowest BCUT2D eigenvalue weighted by Crippen LogP contribution is -2.10. The van der Waals surface area contributed by atoms with E-state index >= 15 is 0 Å². The van der Waals surface area contributed by atoms with E-state index in [9.17, 15) is 4.79 Å². The van der Waals surface area contributed by atoms with Gasteiger partial charge in [-0.25, -0.2) is 0 Å². The van der Waals surface area contributed by atoms with Crippen molar-refractivity contribution < 1.29 is 4.79 Å². The maximum atomic E-state index is 12.7. The number of benzene rings is 3. The van der Waals surface area contributed by atoms with E-state index in [0.29, 0.717) is 21.2 Å². The first-order chi connectivity index (χ1) is 12.5. The minimum absolute atomic E-state index is 0. The summed E-state index contributed by atoms with van der Waals surface area (Å²) < 4.78 is 0. The van der Waals surface area contributed by atoms with Gasteiger partial charge in [-0.2, -0.15) is 0 Å². The third-order valence-electron chi connectivity index (χ3n) is 4.13. The van der Waals surface area contributed by atoms with Crippen molar-refractivity contribution in [3.8, 4) is 11.1 Å². The van der Waals surface area contributed by atoms with Crippen LogP contribution in [0.1, 0.15) is 21.5 Å². The fourth-order valence-corrected chi connectivity index (χ4v) is 3.20. The molecule has 0 fully saturated rings. The highest BCUT2D eigenvalue weighted by molar-refractivity contribution is 6.44. The van der Waals surface area contributed by atoms with Gasteiger partial charge in [-0.15, -0.1) is 12.4 Å². The van der Waals surface area contributed by atoms with E-state index < -0.39 is 0 Å². The monoisotopic (exact) mass is 419 g/mol. The van der Waals surface area contributed by atoms with Crippen LogP contribution in [0.25, 0.3) is 11.1 Å². The normalized spacial score (nSPS) is 10.6. The van der Waals surface area contributed by atoms with Crippen molar-refractivity contribution in [2.24, 2.45) is 0 Å². The van der Waals surface area contributed by atoms with E-state index in [-0.39, 0.29) is 18.2 Å². The minimum atomic E-state index is -0.134. The van der Waals surface area contributed by atoms with E-state index in [1.807, 2.05) is 24.3 Å². The molecule has 0 aliphatic carbocycles. The van der Waals surface area contributed by atoms with E-state index in [1.165, 1.54) is 5.56 Å². The van der Waals surface area contributed by atoms with Crippen LogP contribution in [-0.2, 0) is 6.54 Å². The summed E-state index contributed by atoms with van der Waals surface area (Å²) in [6.07, 6.45) is 0. The van der Waals surface area contributed by atoms with Crippen LogP contribution in [0.3, 0.4) is 0 Å². The standard InChI is InChI=1S/C22H19Cl2NO.ClH/c1-25(2)14-15-6-8-16(9-7-15)17-10-12-18(13-11-17)22(26)19-4-3-5-20(23)21(19)24;/h3-13H,14H2,1-2H3;1H. The summed E-state index contributed by atoms with van der Waals surface area (Å²) in [5.74, 6) is -0.134. The van der Waals surface area contributed by atoms with Gasteiger partial charge in [0.2, 0.25) is 0 Å². The summed E-state index contributed by atoms with van der Waals surface area (Å²) in [7, 11) is 4.10. The van der Waals surface area contributed by atoms with Gasteiger partial charge in [-0.05, 0) is 42.9 Å². The van der Waals surface area contributed by atoms with Crippen molar-refractivity contribution in [2.45, 2.75) is 6.54 Å². The van der Waals surface area contributed by atoms with E-state index in [1.54, 1.807) is 18.2 Å². The number of hydrogen-bond acceptors (Lipinski definition) is 2. The molecule has 3 rings (SSSR count). The second-order valence-electron chi connectivity index (χ2n) is 6.44. The SMILES string of the molecule is CN(C)Cc1ccc(-c2ccc(C(=O)c3cccc(Cl)c3Cl)cc2)cc1.Cl. The third kappa shape index (κ3) is 5.12. The number of carbonyl (C=O) groups is 1. The molecular formula is C22H20Cl3NO. The molecule has 3 aromatic carbocycles. The van der Waals surface area contributed by atoms with Gasteiger partial charge in [0.25, 0.3) is 0 Å². The zero-order chi connectivity index (χ0) is 18.7. The van der Waals surface area contributed by atoms with E-state index in [4.69, 9.17) is 23.2 Å². The smallest absolute Gasteiger partial charge is 0.194 e. The summed E-state index contributed by atoms with van der Waals surface area (Å²) in [5, 5.41) is 0.673. The molecule has 0 unspecified atom stereocenters. The highest BCUT2D eigenvalue weighted by Crippen LogP contribution is 2.28. The summed E-state index contributed by atoms with van der Waals surface area (Å²) in [5.41, 5.74) is 4.45. The van der Waals surface area contributed by atoms with Crippen LogP contribution >= 0.6 is 35.6 Å². The maximum Gasteiger partial charge on any atom is 0.194 e. The number of halogens is 3. The fraction of sp³-hybridized carbons (Fsp3) is 0.136. The predicted molar refractivity (Wildman–Crippen MR) is 116 cm³/mol. The van der Waals surface area contributed by atoms with Crippen LogP contribution in [0.4, 0.5) is 0 Å². The molecule has 0 aliphatic heterocycles. The molecule has 27 heavy (non-hydrogen) atoms. The third-order valence-corrected chi connectivity index (χ3v) is 4.95. The second kappa shape index (κ2) is 9.38. The molecule has 0 saturated heterocycles. The molecule has 0 aliphatic rings. The van der Waals surface area contributed by atoms with E-state index in [0.717, 1.165) is 17.7 Å². The number of carbonyl (C=O) groups excluding carboxylic acids is 1. The molecule has 0 heterocycles. The van der Waals surface area contributed by atoms with Gasteiger partial charge in [0.15, 0.2) is 5.78 Å². The van der Waals surface area contributed by atoms with Gasteiger partial charge in [0.05, 0.1) is 10.0 Å². The lowest BCUT2D eigenvalue weighted by atomic mass is 9.99. The van der Waals surface area contributed by atoms with Crippen molar-refractivity contribution in [3.63, 3.8) is 0 Å². The molecule has 0 N–H and O–H groups in total. The first kappa shape index (κ1) is 21.5. The van der Waals surface area contributed by atoms with Gasteiger partial charge in [-0.3, -0.25) is 4.79 Å². The Hall–Kier alpha value is -1.84. The Kier molecular flexibility index (Phi) is 7.46. The average Bonchev–Trinajstić information content (AvgIpc) is 2.64. The molecule has 0 saturated carbocycles. The fourth-order valence-electron chi connectivity index (χ4n) is 2.82. The predicted octanol–water partition coefficient (Wildman–Crippen LogP) is 6.37. The molecule has 0 radical (unpaired) electrons. The molecule has 0 amide bonds. The van der Waals surface area contributed by atoms with Crippen molar-refractivity contribution in [1.29, 1.82) is 0 Å². The zero-order valence-corrected chi connectivity index (χ0v) is 17.4. The summed E-state index contributed by atoms with van der Waals surface area (Å²) in [6, 6.07) is 21.1. The molecular weight excluding hydrogens is 401 g/mol. The summed E-state index contributed by atoms with van der Waals surface area (Å²) in [6.45, 7) is 0.911. The van der Waals surface area contributed by atoms with Crippen molar-refractivity contribution >= 4 is 41.4 Å². The quantitative estimate of drug-likeness (QED) is 0.447. The second-order valence-corrected chi connectivity index (χ2v) is 7.23. The Morgan fingerprint density at radius 2 is 1.41 bits per heavy atom. The average molecular weight is 421 g/mol. The van der Waals surface area contributed by atoms with E-state index in [2.05, 4.69) is 43.3 Å². The molecule has 0 spiro atoms. The molecule has 5 heteroatoms. The van der Waals surface area contributed by atoms with Crippen LogP contribution in [-0.4, -0.2) is 24.8 Å². The molecule has 0 aromatic heterocycles. The zero-order valence-electron chi connectivity index (χ0n) is 15.1. The van der Waals surface area contributed by atoms with Crippen molar-refractivity contribution in [2.75, 3.05) is 14.1 Å². The Balaban J connectivity index is 0.00000261. The Morgan fingerprint density at radius 1 is 0.852 bits per heavy atom. The lowest BCUT2D eigenvalue weighted by Gasteiger charge is -2.10. The molecule has 2 nitrogen and oxygen atoms in total. The highest BCUT2D eigenvalue weighted by Gasteiger charge is 2.14.